The van der Waals surface area contributed by atoms with E-state index in [4.69, 9.17) is 4.98 Å². The zero-order valence-corrected chi connectivity index (χ0v) is 11.5. The van der Waals surface area contributed by atoms with Crippen molar-refractivity contribution < 1.29 is 0 Å². The molecule has 2 aromatic rings. The summed E-state index contributed by atoms with van der Waals surface area (Å²) in [5.41, 5.74) is 3.72. The van der Waals surface area contributed by atoms with Crippen molar-refractivity contribution >= 4 is 10.8 Å². The Morgan fingerprint density at radius 1 is 1.22 bits per heavy atom. The first-order valence-electron chi connectivity index (χ1n) is 6.61. The fraction of sp³-hybridized carbons (Fsp3) is 0.353. The largest absolute Gasteiger partial charge is 0.257 e. The molecule has 1 aromatic heterocycles. The van der Waals surface area contributed by atoms with E-state index in [2.05, 4.69) is 51.6 Å². The van der Waals surface area contributed by atoms with Crippen LogP contribution in [-0.4, -0.2) is 4.98 Å². The van der Waals surface area contributed by atoms with Gasteiger partial charge in [0.25, 0.3) is 0 Å². The third kappa shape index (κ3) is 2.45. The lowest BCUT2D eigenvalue weighted by Crippen LogP contribution is -2.05. The van der Waals surface area contributed by atoms with Gasteiger partial charge in [-0.2, -0.15) is 0 Å². The predicted molar refractivity (Wildman–Crippen MR) is 78.9 cm³/mol. The molecule has 1 aromatic carbocycles. The van der Waals surface area contributed by atoms with Crippen LogP contribution < -0.4 is 0 Å². The van der Waals surface area contributed by atoms with Gasteiger partial charge in [0.15, 0.2) is 0 Å². The molecule has 1 heteroatoms. The maximum Gasteiger partial charge on any atom is 0.0454 e. The highest BCUT2D eigenvalue weighted by Crippen LogP contribution is 2.25. The average Bonchev–Trinajstić information content (AvgIpc) is 2.33. The Morgan fingerprint density at radius 2 is 1.89 bits per heavy atom. The maximum absolute atomic E-state index is 4.81. The molecule has 18 heavy (non-hydrogen) atoms. The van der Waals surface area contributed by atoms with Crippen LogP contribution in [0.15, 0.2) is 36.9 Å². The smallest absolute Gasteiger partial charge is 0.0454 e. The number of aromatic nitrogens is 1. The Balaban J connectivity index is 2.69. The summed E-state index contributed by atoms with van der Waals surface area (Å²) >= 11 is 0. The molecule has 0 aliphatic heterocycles. The minimum absolute atomic E-state index is 0.627. The zero-order valence-electron chi connectivity index (χ0n) is 11.5. The van der Waals surface area contributed by atoms with Gasteiger partial charge in [-0.15, -0.1) is 6.58 Å². The summed E-state index contributed by atoms with van der Waals surface area (Å²) in [5, 5.41) is 2.60. The van der Waals surface area contributed by atoms with Crippen LogP contribution in [0, 0.1) is 12.8 Å². The van der Waals surface area contributed by atoms with Crippen molar-refractivity contribution in [3.8, 4) is 0 Å². The van der Waals surface area contributed by atoms with Gasteiger partial charge in [0, 0.05) is 16.8 Å². The standard InChI is InChI=1S/C17H21N/c1-5-8-16-15-10-7-6-9-14(15)13(4)18-17(16)11-12(2)3/h5-7,9-10,12H,1,8,11H2,2-4H3. The molecule has 1 nitrogen and oxygen atoms in total. The summed E-state index contributed by atoms with van der Waals surface area (Å²) in [5.74, 6) is 0.627. The van der Waals surface area contributed by atoms with E-state index in [0.29, 0.717) is 5.92 Å². The minimum atomic E-state index is 0.627. The highest BCUT2D eigenvalue weighted by atomic mass is 14.7. The summed E-state index contributed by atoms with van der Waals surface area (Å²) in [7, 11) is 0. The number of nitrogens with zero attached hydrogens (tertiary/aromatic N) is 1. The van der Waals surface area contributed by atoms with Crippen molar-refractivity contribution in [2.24, 2.45) is 5.92 Å². The fourth-order valence-electron chi connectivity index (χ4n) is 2.48. The summed E-state index contributed by atoms with van der Waals surface area (Å²) < 4.78 is 0. The Bertz CT molecular complexity index is 567. The summed E-state index contributed by atoms with van der Waals surface area (Å²) in [4.78, 5) is 4.81. The number of rotatable bonds is 4. The lowest BCUT2D eigenvalue weighted by molar-refractivity contribution is 0.631. The van der Waals surface area contributed by atoms with Crippen LogP contribution in [0.4, 0.5) is 0 Å². The van der Waals surface area contributed by atoms with Gasteiger partial charge in [-0.3, -0.25) is 4.98 Å². The van der Waals surface area contributed by atoms with Crippen molar-refractivity contribution in [2.75, 3.05) is 0 Å². The SMILES string of the molecule is C=CCc1c(CC(C)C)nc(C)c2ccccc12. The highest BCUT2D eigenvalue weighted by Gasteiger charge is 2.11. The van der Waals surface area contributed by atoms with Gasteiger partial charge in [-0.1, -0.05) is 44.2 Å². The van der Waals surface area contributed by atoms with E-state index in [-0.39, 0.29) is 0 Å². The Hall–Kier alpha value is -1.63. The number of hydrogen-bond acceptors (Lipinski definition) is 1. The van der Waals surface area contributed by atoms with E-state index in [1.165, 1.54) is 22.0 Å². The average molecular weight is 239 g/mol. The second-order valence-electron chi connectivity index (χ2n) is 5.26. The van der Waals surface area contributed by atoms with E-state index in [9.17, 15) is 0 Å². The summed E-state index contributed by atoms with van der Waals surface area (Å²) in [6.07, 6.45) is 3.91. The van der Waals surface area contributed by atoms with Crippen LogP contribution in [0.2, 0.25) is 0 Å². The predicted octanol–water partition coefficient (Wildman–Crippen LogP) is 4.47. The molecule has 0 amide bonds. The minimum Gasteiger partial charge on any atom is -0.257 e. The van der Waals surface area contributed by atoms with Crippen molar-refractivity contribution in [1.29, 1.82) is 0 Å². The molecular weight excluding hydrogens is 218 g/mol. The quantitative estimate of drug-likeness (QED) is 0.717. The molecule has 1 heterocycles. The zero-order chi connectivity index (χ0) is 13.1. The van der Waals surface area contributed by atoms with Crippen LogP contribution in [0.5, 0.6) is 0 Å². The Labute approximate surface area is 110 Å². The number of aryl methyl sites for hydroxylation is 1. The van der Waals surface area contributed by atoms with E-state index >= 15 is 0 Å². The Morgan fingerprint density at radius 3 is 2.50 bits per heavy atom. The monoisotopic (exact) mass is 239 g/mol. The normalized spacial score (nSPS) is 11.1. The first-order valence-corrected chi connectivity index (χ1v) is 6.61. The van der Waals surface area contributed by atoms with Crippen molar-refractivity contribution in [3.63, 3.8) is 0 Å². The van der Waals surface area contributed by atoms with Gasteiger partial charge in [0.2, 0.25) is 0 Å². The molecule has 0 fully saturated rings. The summed E-state index contributed by atoms with van der Waals surface area (Å²) in [6, 6.07) is 8.54. The second-order valence-corrected chi connectivity index (χ2v) is 5.26. The highest BCUT2D eigenvalue weighted by molar-refractivity contribution is 5.88. The fourth-order valence-corrected chi connectivity index (χ4v) is 2.48. The number of allylic oxidation sites excluding steroid dienone is 1. The van der Waals surface area contributed by atoms with E-state index in [1.807, 2.05) is 6.08 Å². The van der Waals surface area contributed by atoms with Crippen molar-refractivity contribution in [3.05, 3.63) is 53.9 Å². The van der Waals surface area contributed by atoms with Gasteiger partial charge in [-0.05, 0) is 36.6 Å². The molecule has 0 aliphatic carbocycles. The molecule has 0 atom stereocenters. The number of benzene rings is 1. The number of pyridine rings is 1. The number of hydrogen-bond donors (Lipinski definition) is 0. The molecule has 2 rings (SSSR count). The molecule has 0 N–H and O–H groups in total. The molecular formula is C17H21N. The molecule has 0 aliphatic rings. The Kier molecular flexibility index (Phi) is 3.81. The lowest BCUT2D eigenvalue weighted by Gasteiger charge is -2.14. The van der Waals surface area contributed by atoms with E-state index in [1.54, 1.807) is 0 Å². The van der Waals surface area contributed by atoms with Crippen LogP contribution in [0.25, 0.3) is 10.8 Å². The van der Waals surface area contributed by atoms with Crippen molar-refractivity contribution in [2.45, 2.75) is 33.6 Å². The van der Waals surface area contributed by atoms with Crippen LogP contribution in [-0.2, 0) is 12.8 Å². The van der Waals surface area contributed by atoms with E-state index in [0.717, 1.165) is 18.5 Å². The van der Waals surface area contributed by atoms with Gasteiger partial charge in [-0.25, -0.2) is 0 Å². The molecule has 0 saturated heterocycles. The second kappa shape index (κ2) is 5.34. The molecule has 0 unspecified atom stereocenters. The third-order valence-electron chi connectivity index (χ3n) is 3.24. The van der Waals surface area contributed by atoms with Crippen LogP contribution in [0.3, 0.4) is 0 Å². The molecule has 0 radical (unpaired) electrons. The first-order chi connectivity index (χ1) is 8.63. The van der Waals surface area contributed by atoms with Crippen molar-refractivity contribution in [1.82, 2.24) is 4.98 Å². The third-order valence-corrected chi connectivity index (χ3v) is 3.24. The topological polar surface area (TPSA) is 12.9 Å². The molecule has 0 bridgehead atoms. The molecule has 0 saturated carbocycles. The first kappa shape index (κ1) is 12.8. The number of fused-ring (bicyclic) bond motifs is 1. The molecule has 0 spiro atoms. The van der Waals surface area contributed by atoms with E-state index < -0.39 is 0 Å². The lowest BCUT2D eigenvalue weighted by atomic mass is 9.95. The van der Waals surface area contributed by atoms with Gasteiger partial charge in [0.1, 0.15) is 0 Å². The molecule has 94 valence electrons. The maximum atomic E-state index is 4.81. The van der Waals surface area contributed by atoms with Crippen LogP contribution >= 0.6 is 0 Å². The van der Waals surface area contributed by atoms with Gasteiger partial charge in [0.05, 0.1) is 0 Å². The van der Waals surface area contributed by atoms with Gasteiger partial charge >= 0.3 is 0 Å². The summed E-state index contributed by atoms with van der Waals surface area (Å²) in [6.45, 7) is 10.5. The van der Waals surface area contributed by atoms with Gasteiger partial charge < -0.3 is 0 Å². The van der Waals surface area contributed by atoms with Crippen LogP contribution in [0.1, 0.15) is 30.8 Å².